The summed E-state index contributed by atoms with van der Waals surface area (Å²) in [5.41, 5.74) is 1.34. The van der Waals surface area contributed by atoms with Crippen molar-refractivity contribution in [2.24, 2.45) is 0 Å². The van der Waals surface area contributed by atoms with Crippen LogP contribution in [0.2, 0.25) is 0 Å². The molecule has 1 aromatic heterocycles. The van der Waals surface area contributed by atoms with Crippen LogP contribution < -0.4 is 5.32 Å². The molecule has 0 spiro atoms. The minimum atomic E-state index is 0.716. The molecule has 2 rings (SSSR count). The zero-order valence-electron chi connectivity index (χ0n) is 13.1. The van der Waals surface area contributed by atoms with E-state index in [9.17, 15) is 0 Å². The summed E-state index contributed by atoms with van der Waals surface area (Å²) in [5, 5.41) is 3.28. The first-order chi connectivity index (χ1) is 9.72. The van der Waals surface area contributed by atoms with Crippen molar-refractivity contribution in [1.82, 2.24) is 14.8 Å². The molecule has 1 aromatic rings. The van der Waals surface area contributed by atoms with Gasteiger partial charge in [0.2, 0.25) is 0 Å². The minimum absolute atomic E-state index is 0.716. The lowest BCUT2D eigenvalue weighted by Gasteiger charge is -2.36. The Morgan fingerprint density at radius 1 is 1.35 bits per heavy atom. The van der Waals surface area contributed by atoms with E-state index in [1.165, 1.54) is 38.0 Å². The monoisotopic (exact) mass is 276 g/mol. The Balaban J connectivity index is 1.87. The first-order valence-corrected chi connectivity index (χ1v) is 7.84. The van der Waals surface area contributed by atoms with Crippen LogP contribution in [0, 0.1) is 0 Å². The van der Waals surface area contributed by atoms with E-state index in [0.29, 0.717) is 6.04 Å². The SMILES string of the molecule is CCNc1cc(CN(C)C2CCN(CC)CC2)ccn1. The summed E-state index contributed by atoms with van der Waals surface area (Å²) in [4.78, 5) is 9.37. The third-order valence-corrected chi connectivity index (χ3v) is 4.24. The quantitative estimate of drug-likeness (QED) is 0.864. The summed E-state index contributed by atoms with van der Waals surface area (Å²) in [6.45, 7) is 9.95. The van der Waals surface area contributed by atoms with Crippen LogP contribution in [0.3, 0.4) is 0 Å². The van der Waals surface area contributed by atoms with Gasteiger partial charge in [-0.15, -0.1) is 0 Å². The molecular weight excluding hydrogens is 248 g/mol. The highest BCUT2D eigenvalue weighted by Gasteiger charge is 2.21. The lowest BCUT2D eigenvalue weighted by molar-refractivity contribution is 0.127. The van der Waals surface area contributed by atoms with Crippen molar-refractivity contribution in [3.8, 4) is 0 Å². The van der Waals surface area contributed by atoms with Gasteiger partial charge < -0.3 is 10.2 Å². The van der Waals surface area contributed by atoms with E-state index < -0.39 is 0 Å². The zero-order valence-corrected chi connectivity index (χ0v) is 13.1. The predicted octanol–water partition coefficient (Wildman–Crippen LogP) is 2.43. The zero-order chi connectivity index (χ0) is 14.4. The Labute approximate surface area is 123 Å². The van der Waals surface area contributed by atoms with E-state index in [0.717, 1.165) is 18.9 Å². The Kier molecular flexibility index (Phi) is 5.80. The van der Waals surface area contributed by atoms with Crippen molar-refractivity contribution in [1.29, 1.82) is 0 Å². The van der Waals surface area contributed by atoms with E-state index in [1.807, 2.05) is 6.20 Å². The average Bonchev–Trinajstić information content (AvgIpc) is 2.48. The molecule has 1 aliphatic rings. The van der Waals surface area contributed by atoms with Gasteiger partial charge in [0.1, 0.15) is 5.82 Å². The van der Waals surface area contributed by atoms with Crippen LogP contribution in [0.5, 0.6) is 0 Å². The van der Waals surface area contributed by atoms with Crippen LogP contribution in [0.15, 0.2) is 18.3 Å². The van der Waals surface area contributed by atoms with Gasteiger partial charge in [-0.2, -0.15) is 0 Å². The number of pyridine rings is 1. The van der Waals surface area contributed by atoms with Crippen LogP contribution >= 0.6 is 0 Å². The molecule has 0 radical (unpaired) electrons. The second-order valence-corrected chi connectivity index (χ2v) is 5.66. The van der Waals surface area contributed by atoms with Gasteiger partial charge in [-0.25, -0.2) is 4.98 Å². The molecule has 0 bridgehead atoms. The maximum Gasteiger partial charge on any atom is 0.126 e. The highest BCUT2D eigenvalue weighted by atomic mass is 15.2. The minimum Gasteiger partial charge on any atom is -0.370 e. The van der Waals surface area contributed by atoms with E-state index in [4.69, 9.17) is 0 Å². The lowest BCUT2D eigenvalue weighted by atomic mass is 10.0. The van der Waals surface area contributed by atoms with E-state index >= 15 is 0 Å². The Bertz CT molecular complexity index is 399. The molecule has 4 nitrogen and oxygen atoms in total. The second-order valence-electron chi connectivity index (χ2n) is 5.66. The fraction of sp³-hybridized carbons (Fsp3) is 0.688. The van der Waals surface area contributed by atoms with E-state index in [-0.39, 0.29) is 0 Å². The maximum absolute atomic E-state index is 4.33. The van der Waals surface area contributed by atoms with Crippen LogP contribution in [-0.4, -0.2) is 54.1 Å². The molecule has 112 valence electrons. The maximum atomic E-state index is 4.33. The number of nitrogens with zero attached hydrogens (tertiary/aromatic N) is 3. The molecule has 0 aromatic carbocycles. The van der Waals surface area contributed by atoms with Crippen LogP contribution in [0.1, 0.15) is 32.3 Å². The van der Waals surface area contributed by atoms with Gasteiger partial charge in [0.25, 0.3) is 0 Å². The number of anilines is 1. The fourth-order valence-electron chi connectivity index (χ4n) is 2.94. The molecule has 0 unspecified atom stereocenters. The largest absolute Gasteiger partial charge is 0.370 e. The van der Waals surface area contributed by atoms with Gasteiger partial charge >= 0.3 is 0 Å². The summed E-state index contributed by atoms with van der Waals surface area (Å²) in [6.07, 6.45) is 4.48. The third kappa shape index (κ3) is 4.18. The van der Waals surface area contributed by atoms with Gasteiger partial charge in [-0.3, -0.25) is 4.90 Å². The summed E-state index contributed by atoms with van der Waals surface area (Å²) in [6, 6.07) is 5.01. The smallest absolute Gasteiger partial charge is 0.126 e. The molecule has 0 amide bonds. The number of aromatic nitrogens is 1. The van der Waals surface area contributed by atoms with Crippen LogP contribution in [0.25, 0.3) is 0 Å². The summed E-state index contributed by atoms with van der Waals surface area (Å²) in [7, 11) is 2.25. The summed E-state index contributed by atoms with van der Waals surface area (Å²) >= 11 is 0. The summed E-state index contributed by atoms with van der Waals surface area (Å²) in [5.74, 6) is 0.985. The Hall–Kier alpha value is -1.13. The molecule has 1 aliphatic heterocycles. The number of hydrogen-bond acceptors (Lipinski definition) is 4. The number of likely N-dealkylation sites (tertiary alicyclic amines) is 1. The molecule has 1 N–H and O–H groups in total. The van der Waals surface area contributed by atoms with Crippen molar-refractivity contribution < 1.29 is 0 Å². The Morgan fingerprint density at radius 3 is 2.75 bits per heavy atom. The molecule has 0 aliphatic carbocycles. The number of rotatable bonds is 6. The molecule has 1 fully saturated rings. The topological polar surface area (TPSA) is 31.4 Å². The van der Waals surface area contributed by atoms with Crippen molar-refractivity contribution in [2.75, 3.05) is 38.5 Å². The first kappa shape index (κ1) is 15.3. The predicted molar refractivity (Wildman–Crippen MR) is 85.0 cm³/mol. The molecule has 1 saturated heterocycles. The highest BCUT2D eigenvalue weighted by molar-refractivity contribution is 5.37. The van der Waals surface area contributed by atoms with Crippen LogP contribution in [0.4, 0.5) is 5.82 Å². The van der Waals surface area contributed by atoms with Gasteiger partial charge in [-0.05, 0) is 64.1 Å². The van der Waals surface area contributed by atoms with Crippen molar-refractivity contribution in [3.05, 3.63) is 23.9 Å². The van der Waals surface area contributed by atoms with E-state index in [1.54, 1.807) is 0 Å². The summed E-state index contributed by atoms with van der Waals surface area (Å²) < 4.78 is 0. The molecular formula is C16H28N4. The highest BCUT2D eigenvalue weighted by Crippen LogP contribution is 2.18. The van der Waals surface area contributed by atoms with Crippen molar-refractivity contribution in [3.63, 3.8) is 0 Å². The number of hydrogen-bond donors (Lipinski definition) is 1. The molecule has 20 heavy (non-hydrogen) atoms. The lowest BCUT2D eigenvalue weighted by Crippen LogP contribution is -2.42. The van der Waals surface area contributed by atoms with E-state index in [2.05, 4.69) is 53.1 Å². The first-order valence-electron chi connectivity index (χ1n) is 7.84. The number of nitrogens with one attached hydrogen (secondary N) is 1. The van der Waals surface area contributed by atoms with Gasteiger partial charge in [0.15, 0.2) is 0 Å². The van der Waals surface area contributed by atoms with Crippen molar-refractivity contribution >= 4 is 5.82 Å². The Morgan fingerprint density at radius 2 is 2.10 bits per heavy atom. The van der Waals surface area contributed by atoms with Gasteiger partial charge in [0.05, 0.1) is 0 Å². The number of piperidine rings is 1. The van der Waals surface area contributed by atoms with Gasteiger partial charge in [-0.1, -0.05) is 6.92 Å². The molecule has 2 heterocycles. The average molecular weight is 276 g/mol. The molecule has 0 atom stereocenters. The molecule has 0 saturated carbocycles. The van der Waals surface area contributed by atoms with Crippen LogP contribution in [-0.2, 0) is 6.54 Å². The van der Waals surface area contributed by atoms with Gasteiger partial charge in [0, 0.05) is 25.3 Å². The van der Waals surface area contributed by atoms with Crippen molar-refractivity contribution in [2.45, 2.75) is 39.3 Å². The molecule has 4 heteroatoms. The fourth-order valence-corrected chi connectivity index (χ4v) is 2.94. The second kappa shape index (κ2) is 7.60. The third-order valence-electron chi connectivity index (χ3n) is 4.24. The normalized spacial score (nSPS) is 17.6. The standard InChI is InChI=1S/C16H28N4/c1-4-17-16-12-14(6-9-18-16)13-19(3)15-7-10-20(5-2)11-8-15/h6,9,12,15H,4-5,7-8,10-11,13H2,1-3H3,(H,17,18).